The Balaban J connectivity index is 1.37. The van der Waals surface area contributed by atoms with Gasteiger partial charge < -0.3 is 19.9 Å². The van der Waals surface area contributed by atoms with Crippen LogP contribution >= 0.6 is 0 Å². The van der Waals surface area contributed by atoms with Gasteiger partial charge in [-0.3, -0.25) is 4.79 Å². The maximum Gasteiger partial charge on any atom is 0.416 e. The fourth-order valence-corrected chi connectivity index (χ4v) is 5.50. The maximum absolute atomic E-state index is 13.4. The number of allylic oxidation sites excluding steroid dienone is 1. The van der Waals surface area contributed by atoms with Crippen LogP contribution in [-0.2, 0) is 28.7 Å². The highest BCUT2D eigenvalue weighted by molar-refractivity contribution is 6.04. The van der Waals surface area contributed by atoms with Crippen molar-refractivity contribution in [2.45, 2.75) is 58.7 Å². The molecule has 4 rings (SSSR count). The molecule has 1 aliphatic rings. The number of hydrogen-bond acceptors (Lipinski definition) is 4. The van der Waals surface area contributed by atoms with E-state index in [-0.39, 0.29) is 31.1 Å². The van der Waals surface area contributed by atoms with Crippen LogP contribution in [-0.4, -0.2) is 67.0 Å². The molecule has 262 valence electrons. The third kappa shape index (κ3) is 11.9. The van der Waals surface area contributed by atoms with Gasteiger partial charge in [-0.15, -0.1) is 0 Å². The number of ether oxygens (including phenoxy) is 1. The zero-order valence-corrected chi connectivity index (χ0v) is 28.1. The molecular weight excluding hydrogens is 636 g/mol. The van der Waals surface area contributed by atoms with Gasteiger partial charge in [0.15, 0.2) is 0 Å². The summed E-state index contributed by atoms with van der Waals surface area (Å²) in [6.07, 6.45) is 1.01. The number of hydrogen-bond donors (Lipinski definition) is 1. The van der Waals surface area contributed by atoms with Gasteiger partial charge in [0.2, 0.25) is 0 Å². The molecule has 0 aliphatic heterocycles. The fraction of sp³-hybridized carbons (Fsp3) is 0.395. The number of carbonyl (C=O) groups is 2. The van der Waals surface area contributed by atoms with Crippen molar-refractivity contribution in [3.63, 3.8) is 0 Å². The van der Waals surface area contributed by atoms with E-state index in [1.165, 1.54) is 24.3 Å². The van der Waals surface area contributed by atoms with E-state index < -0.39 is 11.7 Å². The number of halogens is 4. The van der Waals surface area contributed by atoms with Crippen LogP contribution in [0.3, 0.4) is 0 Å². The second kappa shape index (κ2) is 18.4. The molecular formula is C38H44F4N4O3. The quantitative estimate of drug-likeness (QED) is 0.0720. The summed E-state index contributed by atoms with van der Waals surface area (Å²) in [4.78, 5) is 34.4. The molecule has 11 heteroatoms. The highest BCUT2D eigenvalue weighted by Gasteiger charge is 2.30. The molecule has 0 heterocycles. The van der Waals surface area contributed by atoms with Crippen molar-refractivity contribution in [1.82, 2.24) is 15.1 Å². The Bertz CT molecular complexity index is 1570. The number of amides is 3. The van der Waals surface area contributed by atoms with Gasteiger partial charge in [0.05, 0.1) is 12.2 Å². The predicted molar refractivity (Wildman–Crippen MR) is 184 cm³/mol. The molecule has 0 bridgehead atoms. The van der Waals surface area contributed by atoms with E-state index in [0.717, 1.165) is 54.8 Å². The minimum Gasteiger partial charge on any atom is -0.355 e. The van der Waals surface area contributed by atoms with Crippen LogP contribution in [0, 0.1) is 5.82 Å². The first-order chi connectivity index (χ1) is 23.5. The van der Waals surface area contributed by atoms with E-state index in [1.54, 1.807) is 17.0 Å². The van der Waals surface area contributed by atoms with Gasteiger partial charge in [0, 0.05) is 30.9 Å². The normalized spacial score (nSPS) is 13.4. The first-order valence-corrected chi connectivity index (χ1v) is 16.7. The van der Waals surface area contributed by atoms with E-state index in [2.05, 4.69) is 29.1 Å². The number of nitrogens with zero attached hydrogens (tertiary/aromatic N) is 3. The standard InChI is InChI=1S/C38H44F4N4O3/c1-3-45(4-2)23-24-46(25-29-9-14-30(15-10-29)31-16-18-33(19-17-31)38(40,41)42)37(48)43-27-49-26-35(44-36(47)32-7-5-6-8-32)22-13-28-11-20-34(39)21-12-28/h7,9-12,14-21H,3-6,8,13,22-27H2,1-2H3,(H,43,48). The van der Waals surface area contributed by atoms with E-state index in [9.17, 15) is 27.2 Å². The lowest BCUT2D eigenvalue weighted by molar-refractivity contribution is -0.137. The number of nitrogens with one attached hydrogen (secondary N) is 1. The SMILES string of the molecule is CCN(CC)CCN(Cc1ccc(-c2ccc(C(F)(F)F)cc2)cc1)C(=O)NCOCC(CCc1ccc(F)cc1)=NC(=O)C1=CCCC1. The van der Waals surface area contributed by atoms with Crippen LogP contribution in [0.2, 0.25) is 0 Å². The molecule has 7 nitrogen and oxygen atoms in total. The summed E-state index contributed by atoms with van der Waals surface area (Å²) in [6.45, 7) is 7.19. The van der Waals surface area contributed by atoms with Crippen molar-refractivity contribution < 1.29 is 31.9 Å². The number of urea groups is 1. The monoisotopic (exact) mass is 680 g/mol. The Morgan fingerprint density at radius 3 is 2.10 bits per heavy atom. The Labute approximate surface area is 285 Å². The molecule has 0 aromatic heterocycles. The summed E-state index contributed by atoms with van der Waals surface area (Å²) in [5.41, 5.74) is 3.74. The van der Waals surface area contributed by atoms with Crippen molar-refractivity contribution in [2.24, 2.45) is 4.99 Å². The summed E-state index contributed by atoms with van der Waals surface area (Å²) in [5.74, 6) is -0.590. The molecule has 0 atom stereocenters. The van der Waals surface area contributed by atoms with Crippen LogP contribution in [0.25, 0.3) is 11.1 Å². The maximum atomic E-state index is 13.4. The van der Waals surface area contributed by atoms with Crippen molar-refractivity contribution in [3.05, 3.63) is 107 Å². The summed E-state index contributed by atoms with van der Waals surface area (Å²) < 4.78 is 58.1. The van der Waals surface area contributed by atoms with Crippen LogP contribution in [0.15, 0.2) is 89.4 Å². The Kier molecular flexibility index (Phi) is 14.1. The molecule has 49 heavy (non-hydrogen) atoms. The lowest BCUT2D eigenvalue weighted by Gasteiger charge is -2.27. The molecule has 3 amide bonds. The van der Waals surface area contributed by atoms with Crippen LogP contribution in [0.1, 0.15) is 56.2 Å². The number of aryl methyl sites for hydroxylation is 1. The third-order valence-electron chi connectivity index (χ3n) is 8.53. The molecule has 0 unspecified atom stereocenters. The minimum absolute atomic E-state index is 0.0470. The van der Waals surface area contributed by atoms with Crippen LogP contribution < -0.4 is 5.32 Å². The van der Waals surface area contributed by atoms with Crippen molar-refractivity contribution in [1.29, 1.82) is 0 Å². The zero-order valence-electron chi connectivity index (χ0n) is 28.1. The van der Waals surface area contributed by atoms with Gasteiger partial charge in [-0.25, -0.2) is 14.2 Å². The first-order valence-electron chi connectivity index (χ1n) is 16.7. The topological polar surface area (TPSA) is 74.2 Å². The smallest absolute Gasteiger partial charge is 0.355 e. The summed E-state index contributed by atoms with van der Waals surface area (Å²) in [7, 11) is 0. The molecule has 0 saturated carbocycles. The van der Waals surface area contributed by atoms with Crippen molar-refractivity contribution in [2.75, 3.05) is 39.5 Å². The van der Waals surface area contributed by atoms with Gasteiger partial charge in [0.1, 0.15) is 12.5 Å². The van der Waals surface area contributed by atoms with E-state index in [4.69, 9.17) is 4.74 Å². The van der Waals surface area contributed by atoms with Gasteiger partial charge in [-0.2, -0.15) is 13.2 Å². The minimum atomic E-state index is -4.39. The molecule has 1 N–H and O–H groups in total. The summed E-state index contributed by atoms with van der Waals surface area (Å²) in [5, 5.41) is 2.82. The highest BCUT2D eigenvalue weighted by atomic mass is 19.4. The highest BCUT2D eigenvalue weighted by Crippen LogP contribution is 2.31. The largest absolute Gasteiger partial charge is 0.416 e. The van der Waals surface area contributed by atoms with E-state index >= 15 is 0 Å². The third-order valence-corrected chi connectivity index (χ3v) is 8.53. The average molecular weight is 681 g/mol. The van der Waals surface area contributed by atoms with Gasteiger partial charge in [0.25, 0.3) is 5.91 Å². The van der Waals surface area contributed by atoms with E-state index in [0.29, 0.717) is 55.7 Å². The van der Waals surface area contributed by atoms with Gasteiger partial charge >= 0.3 is 12.2 Å². The Morgan fingerprint density at radius 1 is 0.878 bits per heavy atom. The van der Waals surface area contributed by atoms with Gasteiger partial charge in [-0.05, 0) is 91.7 Å². The molecule has 3 aromatic rings. The lowest BCUT2D eigenvalue weighted by Crippen LogP contribution is -2.44. The second-order valence-corrected chi connectivity index (χ2v) is 11.9. The van der Waals surface area contributed by atoms with Crippen LogP contribution in [0.5, 0.6) is 0 Å². The average Bonchev–Trinajstić information content (AvgIpc) is 3.65. The summed E-state index contributed by atoms with van der Waals surface area (Å²) >= 11 is 0. The predicted octanol–water partition coefficient (Wildman–Crippen LogP) is 8.05. The molecule has 0 radical (unpaired) electrons. The fourth-order valence-electron chi connectivity index (χ4n) is 5.50. The van der Waals surface area contributed by atoms with Crippen molar-refractivity contribution in [3.8, 4) is 11.1 Å². The number of rotatable bonds is 16. The van der Waals surface area contributed by atoms with Crippen molar-refractivity contribution >= 4 is 17.6 Å². The van der Waals surface area contributed by atoms with Gasteiger partial charge in [-0.1, -0.05) is 68.5 Å². The molecule has 3 aromatic carbocycles. The Hall–Kier alpha value is -4.35. The molecule has 0 spiro atoms. The number of alkyl halides is 3. The lowest BCUT2D eigenvalue weighted by atomic mass is 10.0. The Morgan fingerprint density at radius 2 is 1.51 bits per heavy atom. The number of carbonyl (C=O) groups excluding carboxylic acids is 2. The zero-order chi connectivity index (χ0) is 35.2. The number of aliphatic imine (C=N–C) groups is 1. The van der Waals surface area contributed by atoms with Crippen LogP contribution in [0.4, 0.5) is 22.4 Å². The molecule has 0 fully saturated rings. The number of likely N-dealkylation sites (N-methyl/N-ethyl adjacent to an activating group) is 1. The van der Waals surface area contributed by atoms with E-state index in [1.807, 2.05) is 30.3 Å². The first kappa shape index (κ1) is 37.5. The summed E-state index contributed by atoms with van der Waals surface area (Å²) in [6, 6.07) is 18.3. The second-order valence-electron chi connectivity index (χ2n) is 11.9. The molecule has 1 aliphatic carbocycles. The molecule has 0 saturated heterocycles. The number of benzene rings is 3.